The maximum Gasteiger partial charge on any atom is 0.315 e. The summed E-state index contributed by atoms with van der Waals surface area (Å²) < 4.78 is 0. The van der Waals surface area contributed by atoms with E-state index in [2.05, 4.69) is 20.6 Å². The molecule has 0 fully saturated rings. The van der Waals surface area contributed by atoms with E-state index in [9.17, 15) is 9.59 Å². The molecule has 1 atom stereocenters. The molecule has 0 bridgehead atoms. The fraction of sp³-hybridized carbons (Fsp3) is 0.312. The van der Waals surface area contributed by atoms with Crippen LogP contribution in [-0.2, 0) is 6.54 Å². The summed E-state index contributed by atoms with van der Waals surface area (Å²) in [6, 6.07) is 6.87. The van der Waals surface area contributed by atoms with Crippen molar-refractivity contribution in [1.82, 2.24) is 20.6 Å². The average Bonchev–Trinajstić information content (AvgIpc) is 2.47. The van der Waals surface area contributed by atoms with Crippen LogP contribution in [0.2, 0.25) is 0 Å². The van der Waals surface area contributed by atoms with Crippen molar-refractivity contribution in [1.29, 1.82) is 0 Å². The average molecular weight is 300 g/mol. The van der Waals surface area contributed by atoms with Gasteiger partial charge in [0.05, 0.1) is 18.3 Å². The van der Waals surface area contributed by atoms with Crippen molar-refractivity contribution in [2.75, 3.05) is 0 Å². The number of aromatic nitrogens is 2. The summed E-state index contributed by atoms with van der Waals surface area (Å²) in [6.45, 7) is 5.72. The molecule has 0 aromatic carbocycles. The van der Waals surface area contributed by atoms with Crippen molar-refractivity contribution in [3.8, 4) is 0 Å². The van der Waals surface area contributed by atoms with Crippen LogP contribution < -0.4 is 16.2 Å². The molecule has 0 radical (unpaired) electrons. The van der Waals surface area contributed by atoms with Crippen LogP contribution in [-0.4, -0.2) is 16.0 Å². The Bertz CT molecular complexity index is 710. The second-order valence-corrected chi connectivity index (χ2v) is 5.25. The Morgan fingerprint density at radius 2 is 2.14 bits per heavy atom. The van der Waals surface area contributed by atoms with Crippen LogP contribution >= 0.6 is 0 Å². The van der Waals surface area contributed by atoms with Gasteiger partial charge < -0.3 is 15.6 Å². The van der Waals surface area contributed by atoms with E-state index in [-0.39, 0.29) is 24.2 Å². The highest BCUT2D eigenvalue weighted by Gasteiger charge is 2.11. The number of aryl methyl sites for hydroxylation is 2. The van der Waals surface area contributed by atoms with Crippen molar-refractivity contribution in [2.45, 2.75) is 33.4 Å². The number of carbonyl (C=O) groups is 1. The second-order valence-electron chi connectivity index (χ2n) is 5.25. The first kappa shape index (κ1) is 15.8. The highest BCUT2D eigenvalue weighted by Crippen LogP contribution is 2.07. The zero-order chi connectivity index (χ0) is 16.1. The lowest BCUT2D eigenvalue weighted by atomic mass is 10.1. The van der Waals surface area contributed by atoms with Crippen LogP contribution in [0.3, 0.4) is 0 Å². The largest absolute Gasteiger partial charge is 0.334 e. The van der Waals surface area contributed by atoms with Gasteiger partial charge in [0.15, 0.2) is 0 Å². The number of nitrogens with one attached hydrogen (secondary N) is 3. The van der Waals surface area contributed by atoms with Gasteiger partial charge in [-0.25, -0.2) is 4.79 Å². The number of nitrogens with zero attached hydrogens (tertiary/aromatic N) is 1. The maximum absolute atomic E-state index is 11.9. The Morgan fingerprint density at radius 3 is 2.77 bits per heavy atom. The summed E-state index contributed by atoms with van der Waals surface area (Å²) in [5, 5.41) is 5.49. The molecule has 2 amide bonds. The number of carbonyl (C=O) groups excluding carboxylic acids is 1. The molecule has 0 aliphatic rings. The standard InChI is InChI=1S/C16H20N4O2/c1-10-8-11(2)19-15(21)13(10)9-18-16(22)20-12(3)14-6-4-5-7-17-14/h4-8,12H,9H2,1-3H3,(H,19,21)(H2,18,20,22). The molecule has 22 heavy (non-hydrogen) atoms. The summed E-state index contributed by atoms with van der Waals surface area (Å²) in [6.07, 6.45) is 1.68. The maximum atomic E-state index is 11.9. The molecule has 0 saturated heterocycles. The van der Waals surface area contributed by atoms with Gasteiger partial charge in [0, 0.05) is 17.5 Å². The second kappa shape index (κ2) is 6.89. The quantitative estimate of drug-likeness (QED) is 0.806. The predicted molar refractivity (Wildman–Crippen MR) is 84.6 cm³/mol. The zero-order valence-electron chi connectivity index (χ0n) is 12.9. The van der Waals surface area contributed by atoms with Crippen LogP contribution in [0.4, 0.5) is 4.79 Å². The number of aromatic amines is 1. The van der Waals surface area contributed by atoms with E-state index in [4.69, 9.17) is 0 Å². The molecule has 2 aromatic heterocycles. The van der Waals surface area contributed by atoms with E-state index in [0.717, 1.165) is 17.0 Å². The first-order chi connectivity index (χ1) is 10.5. The molecule has 116 valence electrons. The first-order valence-corrected chi connectivity index (χ1v) is 7.12. The number of hydrogen-bond acceptors (Lipinski definition) is 3. The summed E-state index contributed by atoms with van der Waals surface area (Å²) in [7, 11) is 0. The SMILES string of the molecule is Cc1cc(C)c(CNC(=O)NC(C)c2ccccn2)c(=O)[nH]1. The van der Waals surface area contributed by atoms with Crippen LogP contribution in [0.5, 0.6) is 0 Å². The third-order valence-corrected chi connectivity index (χ3v) is 3.40. The third-order valence-electron chi connectivity index (χ3n) is 3.40. The highest BCUT2D eigenvalue weighted by molar-refractivity contribution is 5.74. The van der Waals surface area contributed by atoms with Gasteiger partial charge in [-0.1, -0.05) is 6.07 Å². The molecule has 2 heterocycles. The molecular formula is C16H20N4O2. The predicted octanol–water partition coefficient (Wildman–Crippen LogP) is 1.95. The minimum Gasteiger partial charge on any atom is -0.334 e. The number of H-pyrrole nitrogens is 1. The summed E-state index contributed by atoms with van der Waals surface area (Å²) in [5.74, 6) is 0. The monoisotopic (exact) mass is 300 g/mol. The van der Waals surface area contributed by atoms with E-state index in [1.54, 1.807) is 6.20 Å². The van der Waals surface area contributed by atoms with Crippen molar-refractivity contribution in [3.05, 3.63) is 63.3 Å². The van der Waals surface area contributed by atoms with E-state index in [1.165, 1.54) is 0 Å². The summed E-state index contributed by atoms with van der Waals surface area (Å²) >= 11 is 0. The number of pyridine rings is 2. The number of rotatable bonds is 4. The van der Waals surface area contributed by atoms with Gasteiger partial charge in [-0.2, -0.15) is 0 Å². The lowest BCUT2D eigenvalue weighted by molar-refractivity contribution is 0.237. The van der Waals surface area contributed by atoms with Crippen molar-refractivity contribution in [2.24, 2.45) is 0 Å². The lowest BCUT2D eigenvalue weighted by Gasteiger charge is -2.14. The molecule has 0 saturated carbocycles. The van der Waals surface area contributed by atoms with Gasteiger partial charge in [0.25, 0.3) is 5.56 Å². The normalized spacial score (nSPS) is 11.8. The van der Waals surface area contributed by atoms with Gasteiger partial charge in [-0.05, 0) is 44.5 Å². The van der Waals surface area contributed by atoms with Gasteiger partial charge >= 0.3 is 6.03 Å². The molecule has 2 aromatic rings. The Balaban J connectivity index is 1.95. The summed E-state index contributed by atoms with van der Waals surface area (Å²) in [5.41, 5.74) is 2.84. The van der Waals surface area contributed by atoms with Crippen LogP contribution in [0.25, 0.3) is 0 Å². The molecule has 0 aliphatic carbocycles. The third kappa shape index (κ3) is 3.94. The van der Waals surface area contributed by atoms with Gasteiger partial charge in [0.1, 0.15) is 0 Å². The van der Waals surface area contributed by atoms with Crippen molar-refractivity contribution < 1.29 is 4.79 Å². The Hall–Kier alpha value is -2.63. The first-order valence-electron chi connectivity index (χ1n) is 7.12. The molecule has 6 heteroatoms. The Morgan fingerprint density at radius 1 is 1.36 bits per heavy atom. The van der Waals surface area contributed by atoms with E-state index in [1.807, 2.05) is 45.0 Å². The molecular weight excluding hydrogens is 280 g/mol. The molecule has 1 unspecified atom stereocenters. The lowest BCUT2D eigenvalue weighted by Crippen LogP contribution is -2.38. The van der Waals surface area contributed by atoms with E-state index in [0.29, 0.717) is 5.56 Å². The molecule has 0 spiro atoms. The van der Waals surface area contributed by atoms with Crippen LogP contribution in [0, 0.1) is 13.8 Å². The Labute approximate surface area is 129 Å². The smallest absolute Gasteiger partial charge is 0.315 e. The fourth-order valence-corrected chi connectivity index (χ4v) is 2.22. The fourth-order valence-electron chi connectivity index (χ4n) is 2.22. The van der Waals surface area contributed by atoms with Crippen molar-refractivity contribution >= 4 is 6.03 Å². The van der Waals surface area contributed by atoms with Gasteiger partial charge in [0.2, 0.25) is 0 Å². The topological polar surface area (TPSA) is 86.9 Å². The van der Waals surface area contributed by atoms with Crippen LogP contribution in [0.1, 0.15) is 35.5 Å². The highest BCUT2D eigenvalue weighted by atomic mass is 16.2. The number of hydrogen-bond donors (Lipinski definition) is 3. The Kier molecular flexibility index (Phi) is 4.93. The number of amides is 2. The van der Waals surface area contributed by atoms with Crippen LogP contribution in [0.15, 0.2) is 35.3 Å². The summed E-state index contributed by atoms with van der Waals surface area (Å²) in [4.78, 5) is 30.7. The van der Waals surface area contributed by atoms with Crippen molar-refractivity contribution in [3.63, 3.8) is 0 Å². The minimum atomic E-state index is -0.336. The zero-order valence-corrected chi connectivity index (χ0v) is 12.9. The van der Waals surface area contributed by atoms with Gasteiger partial charge in [-0.3, -0.25) is 9.78 Å². The van der Waals surface area contributed by atoms with E-state index < -0.39 is 0 Å². The van der Waals surface area contributed by atoms with E-state index >= 15 is 0 Å². The molecule has 0 aliphatic heterocycles. The molecule has 2 rings (SSSR count). The number of urea groups is 1. The van der Waals surface area contributed by atoms with Gasteiger partial charge in [-0.15, -0.1) is 0 Å². The molecule has 6 nitrogen and oxygen atoms in total. The molecule has 3 N–H and O–H groups in total. The minimum absolute atomic E-state index is 0.171.